The molecule has 0 aliphatic heterocycles. The summed E-state index contributed by atoms with van der Waals surface area (Å²) in [5.41, 5.74) is 1.67. The molecule has 2 N–H and O–H groups in total. The van der Waals surface area contributed by atoms with Gasteiger partial charge in [0.2, 0.25) is 5.13 Å². The SMILES string of the molecule is O=C(Nc1nnc(-c2ccncc2)s1)c1ccnc2c(O)cccc12. The molecule has 0 spiro atoms. The maximum Gasteiger partial charge on any atom is 0.258 e. The smallest absolute Gasteiger partial charge is 0.258 e. The summed E-state index contributed by atoms with van der Waals surface area (Å²) < 4.78 is 0. The number of nitrogens with one attached hydrogen (secondary N) is 1. The lowest BCUT2D eigenvalue weighted by Crippen LogP contribution is -2.12. The number of hydrogen-bond acceptors (Lipinski definition) is 7. The lowest BCUT2D eigenvalue weighted by atomic mass is 10.1. The Balaban J connectivity index is 1.63. The second-order valence-corrected chi connectivity index (χ2v) is 6.11. The van der Waals surface area contributed by atoms with E-state index in [1.54, 1.807) is 30.6 Å². The first-order valence-corrected chi connectivity index (χ1v) is 8.16. The number of para-hydroxylation sites is 1. The first kappa shape index (κ1) is 15.2. The van der Waals surface area contributed by atoms with Crippen LogP contribution in [-0.2, 0) is 0 Å². The lowest BCUT2D eigenvalue weighted by Gasteiger charge is -2.06. The highest BCUT2D eigenvalue weighted by atomic mass is 32.1. The fraction of sp³-hybridized carbons (Fsp3) is 0. The van der Waals surface area contributed by atoms with Crippen LogP contribution in [0.1, 0.15) is 10.4 Å². The van der Waals surface area contributed by atoms with E-state index in [4.69, 9.17) is 0 Å². The van der Waals surface area contributed by atoms with Crippen molar-refractivity contribution in [1.82, 2.24) is 20.2 Å². The zero-order valence-corrected chi connectivity index (χ0v) is 13.6. The number of carbonyl (C=O) groups is 1. The number of aromatic hydroxyl groups is 1. The van der Waals surface area contributed by atoms with Gasteiger partial charge in [-0.1, -0.05) is 23.5 Å². The normalized spacial score (nSPS) is 10.7. The zero-order chi connectivity index (χ0) is 17.2. The van der Waals surface area contributed by atoms with Crippen LogP contribution < -0.4 is 5.32 Å². The van der Waals surface area contributed by atoms with E-state index in [2.05, 4.69) is 25.5 Å². The molecule has 0 aliphatic carbocycles. The monoisotopic (exact) mass is 349 g/mol. The molecule has 122 valence electrons. The second-order valence-electron chi connectivity index (χ2n) is 5.13. The highest BCUT2D eigenvalue weighted by molar-refractivity contribution is 7.18. The molecule has 0 saturated carbocycles. The van der Waals surface area contributed by atoms with Crippen molar-refractivity contribution >= 4 is 33.3 Å². The van der Waals surface area contributed by atoms with Gasteiger partial charge in [-0.05, 0) is 24.3 Å². The van der Waals surface area contributed by atoms with Crippen molar-refractivity contribution in [3.63, 3.8) is 0 Å². The van der Waals surface area contributed by atoms with Gasteiger partial charge in [-0.2, -0.15) is 0 Å². The Morgan fingerprint density at radius 1 is 1.04 bits per heavy atom. The van der Waals surface area contributed by atoms with Gasteiger partial charge in [0.1, 0.15) is 16.3 Å². The second kappa shape index (κ2) is 6.25. The number of phenols is 1. The molecule has 0 saturated heterocycles. The minimum atomic E-state index is -0.338. The van der Waals surface area contributed by atoms with Gasteiger partial charge in [0.15, 0.2) is 0 Å². The number of pyridine rings is 2. The Hall–Kier alpha value is -3.39. The molecule has 1 amide bonds. The third kappa shape index (κ3) is 2.90. The molecular weight excluding hydrogens is 338 g/mol. The number of fused-ring (bicyclic) bond motifs is 1. The first-order chi connectivity index (χ1) is 12.2. The maximum atomic E-state index is 12.6. The molecule has 0 bridgehead atoms. The van der Waals surface area contributed by atoms with Crippen molar-refractivity contribution in [1.29, 1.82) is 0 Å². The van der Waals surface area contributed by atoms with Crippen LogP contribution in [0.3, 0.4) is 0 Å². The van der Waals surface area contributed by atoms with E-state index >= 15 is 0 Å². The average molecular weight is 349 g/mol. The first-order valence-electron chi connectivity index (χ1n) is 7.34. The van der Waals surface area contributed by atoms with Crippen molar-refractivity contribution in [2.45, 2.75) is 0 Å². The minimum Gasteiger partial charge on any atom is -0.506 e. The average Bonchev–Trinajstić information content (AvgIpc) is 3.11. The van der Waals surface area contributed by atoms with Crippen LogP contribution >= 0.6 is 11.3 Å². The number of nitrogens with zero attached hydrogens (tertiary/aromatic N) is 4. The fourth-order valence-corrected chi connectivity index (χ4v) is 3.15. The van der Waals surface area contributed by atoms with Crippen LogP contribution in [0.5, 0.6) is 5.75 Å². The topological polar surface area (TPSA) is 101 Å². The van der Waals surface area contributed by atoms with Gasteiger partial charge >= 0.3 is 0 Å². The van der Waals surface area contributed by atoms with Crippen molar-refractivity contribution in [2.24, 2.45) is 0 Å². The highest BCUT2D eigenvalue weighted by Crippen LogP contribution is 2.28. The summed E-state index contributed by atoms with van der Waals surface area (Å²) in [4.78, 5) is 20.7. The van der Waals surface area contributed by atoms with E-state index in [9.17, 15) is 9.90 Å². The third-order valence-corrected chi connectivity index (χ3v) is 4.45. The Morgan fingerprint density at radius 3 is 2.72 bits per heavy atom. The van der Waals surface area contributed by atoms with E-state index in [0.717, 1.165) is 5.56 Å². The Morgan fingerprint density at radius 2 is 1.88 bits per heavy atom. The van der Waals surface area contributed by atoms with Crippen molar-refractivity contribution < 1.29 is 9.90 Å². The van der Waals surface area contributed by atoms with Gasteiger partial charge in [0, 0.05) is 29.5 Å². The number of anilines is 1. The van der Waals surface area contributed by atoms with E-state index in [-0.39, 0.29) is 11.7 Å². The van der Waals surface area contributed by atoms with Gasteiger partial charge in [-0.3, -0.25) is 20.1 Å². The van der Waals surface area contributed by atoms with Crippen LogP contribution in [0.15, 0.2) is 55.0 Å². The number of carbonyl (C=O) groups excluding carboxylic acids is 1. The molecule has 4 aromatic rings. The van der Waals surface area contributed by atoms with Crippen molar-refractivity contribution in [3.8, 4) is 16.3 Å². The molecule has 8 heteroatoms. The molecule has 0 atom stereocenters. The minimum absolute atomic E-state index is 0.0306. The standard InChI is InChI=1S/C17H11N5O2S/c23-13-3-1-2-11-12(6-9-19-14(11)13)15(24)20-17-22-21-16(25-17)10-4-7-18-8-5-10/h1-9,23H,(H,20,22,24). The largest absolute Gasteiger partial charge is 0.506 e. The molecule has 4 rings (SSSR count). The maximum absolute atomic E-state index is 12.6. The van der Waals surface area contributed by atoms with E-state index in [0.29, 0.717) is 26.6 Å². The molecule has 0 radical (unpaired) electrons. The molecule has 25 heavy (non-hydrogen) atoms. The van der Waals surface area contributed by atoms with Gasteiger partial charge in [0.05, 0.1) is 5.56 Å². The third-order valence-electron chi connectivity index (χ3n) is 3.57. The number of phenolic OH excluding ortho intramolecular Hbond substituents is 1. The van der Waals surface area contributed by atoms with Crippen molar-refractivity contribution in [2.75, 3.05) is 5.32 Å². The predicted molar refractivity (Wildman–Crippen MR) is 94.5 cm³/mol. The number of amides is 1. The molecular formula is C17H11N5O2S. The van der Waals surface area contributed by atoms with E-state index < -0.39 is 0 Å². The summed E-state index contributed by atoms with van der Waals surface area (Å²) in [6.07, 6.45) is 4.83. The Kier molecular flexibility index (Phi) is 3.79. The molecule has 7 nitrogen and oxygen atoms in total. The lowest BCUT2D eigenvalue weighted by molar-refractivity contribution is 0.102. The van der Waals surface area contributed by atoms with Crippen LogP contribution in [0, 0.1) is 0 Å². The highest BCUT2D eigenvalue weighted by Gasteiger charge is 2.15. The summed E-state index contributed by atoms with van der Waals surface area (Å²) in [6.45, 7) is 0. The quantitative estimate of drug-likeness (QED) is 0.589. The molecule has 1 aromatic carbocycles. The fourth-order valence-electron chi connectivity index (χ4n) is 2.41. The summed E-state index contributed by atoms with van der Waals surface area (Å²) in [5.74, 6) is -0.307. The number of rotatable bonds is 3. The van der Waals surface area contributed by atoms with Crippen LogP contribution in [-0.4, -0.2) is 31.2 Å². The van der Waals surface area contributed by atoms with E-state index in [1.165, 1.54) is 23.6 Å². The van der Waals surface area contributed by atoms with Crippen LogP contribution in [0.4, 0.5) is 5.13 Å². The summed E-state index contributed by atoms with van der Waals surface area (Å²) >= 11 is 1.27. The summed E-state index contributed by atoms with van der Waals surface area (Å²) in [6, 6.07) is 10.2. The molecule has 3 aromatic heterocycles. The molecule has 0 unspecified atom stereocenters. The number of benzene rings is 1. The van der Waals surface area contributed by atoms with Crippen molar-refractivity contribution in [3.05, 3.63) is 60.6 Å². The zero-order valence-electron chi connectivity index (χ0n) is 12.7. The Bertz CT molecular complexity index is 1070. The van der Waals surface area contributed by atoms with Gasteiger partial charge in [-0.25, -0.2) is 0 Å². The molecule has 3 heterocycles. The summed E-state index contributed by atoms with van der Waals surface area (Å²) in [5, 5.41) is 22.4. The number of hydrogen-bond donors (Lipinski definition) is 2. The predicted octanol–water partition coefficient (Wildman–Crippen LogP) is 3.11. The number of aromatic nitrogens is 4. The van der Waals surface area contributed by atoms with Gasteiger partial charge < -0.3 is 5.11 Å². The van der Waals surface area contributed by atoms with Gasteiger partial charge in [0.25, 0.3) is 5.91 Å². The van der Waals surface area contributed by atoms with Crippen LogP contribution in [0.25, 0.3) is 21.5 Å². The Labute approximate surface area is 146 Å². The molecule has 0 aliphatic rings. The van der Waals surface area contributed by atoms with E-state index in [1.807, 2.05) is 12.1 Å². The molecule has 0 fully saturated rings. The van der Waals surface area contributed by atoms with Crippen LogP contribution in [0.2, 0.25) is 0 Å². The van der Waals surface area contributed by atoms with Gasteiger partial charge in [-0.15, -0.1) is 10.2 Å². The summed E-state index contributed by atoms with van der Waals surface area (Å²) in [7, 11) is 0.